The fourth-order valence-corrected chi connectivity index (χ4v) is 2.30. The molecule has 1 aliphatic heterocycles. The first kappa shape index (κ1) is 10.4. The molecule has 2 N–H and O–H groups in total. The molecule has 0 aliphatic carbocycles. The number of carboxylic acids is 1. The largest absolute Gasteiger partial charge is 0.477 e. The summed E-state index contributed by atoms with van der Waals surface area (Å²) in [7, 11) is 0. The quantitative estimate of drug-likeness (QED) is 0.742. The molecule has 0 aromatic heterocycles. The minimum atomic E-state index is -0.943. The summed E-state index contributed by atoms with van der Waals surface area (Å²) in [6.07, 6.45) is 2.23. The molecule has 1 aromatic carbocycles. The van der Waals surface area contributed by atoms with Gasteiger partial charge in [-0.15, -0.1) is 0 Å². The van der Waals surface area contributed by atoms with E-state index in [0.717, 1.165) is 10.5 Å². The Bertz CT molecular complexity index is 445. The van der Waals surface area contributed by atoms with E-state index in [1.807, 2.05) is 12.1 Å². The van der Waals surface area contributed by atoms with Crippen LogP contribution in [0.2, 0.25) is 5.02 Å². The molecule has 2 rings (SSSR count). The van der Waals surface area contributed by atoms with Gasteiger partial charge in [-0.05, 0) is 48.2 Å². The summed E-state index contributed by atoms with van der Waals surface area (Å²) in [5.41, 5.74) is 1.25. The fraction of sp³-hybridized carbons (Fsp3) is 0.100. The molecule has 0 saturated carbocycles. The van der Waals surface area contributed by atoms with E-state index in [0.29, 0.717) is 11.4 Å². The van der Waals surface area contributed by atoms with Crippen LogP contribution in [0.4, 0.5) is 0 Å². The fourth-order valence-electron chi connectivity index (χ4n) is 1.30. The molecule has 78 valence electrons. The van der Waals surface area contributed by atoms with E-state index in [4.69, 9.17) is 16.7 Å². The van der Waals surface area contributed by atoms with Gasteiger partial charge in [-0.2, -0.15) is 0 Å². The lowest BCUT2D eigenvalue weighted by molar-refractivity contribution is -0.132. The smallest absolute Gasteiger partial charge is 0.352 e. The number of hydrogen-bond acceptors (Lipinski definition) is 3. The zero-order valence-electron chi connectivity index (χ0n) is 7.66. The molecule has 0 spiro atoms. The minimum absolute atomic E-state index is 0.215. The third kappa shape index (κ3) is 2.27. The predicted octanol–water partition coefficient (Wildman–Crippen LogP) is 2.46. The lowest BCUT2D eigenvalue weighted by Crippen LogP contribution is -2.12. The highest BCUT2D eigenvalue weighted by molar-refractivity contribution is 7.97. The standard InChI is InChI=1S/C10H8ClNO2S/c11-7-2-4-9-6(5-7)1-3-8(10(13)14)12-15-9/h2-5,12H,1H2,(H,13,14). The van der Waals surface area contributed by atoms with Crippen LogP contribution in [-0.2, 0) is 11.2 Å². The van der Waals surface area contributed by atoms with Crippen molar-refractivity contribution in [3.63, 3.8) is 0 Å². The van der Waals surface area contributed by atoms with E-state index < -0.39 is 5.97 Å². The summed E-state index contributed by atoms with van der Waals surface area (Å²) >= 11 is 7.16. The Morgan fingerprint density at radius 3 is 3.07 bits per heavy atom. The van der Waals surface area contributed by atoms with Gasteiger partial charge in [0.15, 0.2) is 0 Å². The summed E-state index contributed by atoms with van der Waals surface area (Å²) in [5.74, 6) is -0.943. The molecule has 1 aromatic rings. The van der Waals surface area contributed by atoms with Crippen LogP contribution in [0.15, 0.2) is 34.9 Å². The van der Waals surface area contributed by atoms with Crippen LogP contribution in [0, 0.1) is 0 Å². The van der Waals surface area contributed by atoms with Gasteiger partial charge in [0.05, 0.1) is 0 Å². The molecule has 0 radical (unpaired) electrons. The maximum Gasteiger partial charge on any atom is 0.352 e. The summed E-state index contributed by atoms with van der Waals surface area (Å²) in [4.78, 5) is 11.8. The Balaban J connectivity index is 2.32. The number of carboxylic acid groups (broad SMARTS) is 1. The van der Waals surface area contributed by atoms with Gasteiger partial charge in [0.25, 0.3) is 0 Å². The van der Waals surface area contributed by atoms with Gasteiger partial charge in [0.1, 0.15) is 5.70 Å². The molecule has 5 heteroatoms. The molecule has 0 atom stereocenters. The number of nitrogens with one attached hydrogen (secondary N) is 1. The SMILES string of the molecule is O=C(O)C1=CCc2cc(Cl)ccc2SN1. The molecule has 1 heterocycles. The molecule has 0 amide bonds. The van der Waals surface area contributed by atoms with Crippen LogP contribution in [0.1, 0.15) is 5.56 Å². The number of hydrogen-bond donors (Lipinski definition) is 2. The Hall–Kier alpha value is -1.13. The van der Waals surface area contributed by atoms with Crippen molar-refractivity contribution in [3.8, 4) is 0 Å². The maximum absolute atomic E-state index is 10.8. The number of allylic oxidation sites excluding steroid dienone is 1. The second-order valence-corrected chi connectivity index (χ2v) is 4.37. The average molecular weight is 242 g/mol. The molecule has 0 bridgehead atoms. The van der Waals surface area contributed by atoms with E-state index in [-0.39, 0.29) is 5.70 Å². The first-order valence-electron chi connectivity index (χ1n) is 4.31. The first-order chi connectivity index (χ1) is 7.16. The number of fused-ring (bicyclic) bond motifs is 1. The van der Waals surface area contributed by atoms with Crippen molar-refractivity contribution in [3.05, 3.63) is 40.6 Å². The topological polar surface area (TPSA) is 49.3 Å². The van der Waals surface area contributed by atoms with Crippen LogP contribution in [0.5, 0.6) is 0 Å². The predicted molar refractivity (Wildman–Crippen MR) is 59.9 cm³/mol. The van der Waals surface area contributed by atoms with Gasteiger partial charge < -0.3 is 9.83 Å². The van der Waals surface area contributed by atoms with Gasteiger partial charge >= 0.3 is 5.97 Å². The Morgan fingerprint density at radius 2 is 2.33 bits per heavy atom. The molecule has 3 nitrogen and oxygen atoms in total. The van der Waals surface area contributed by atoms with Crippen LogP contribution >= 0.6 is 23.5 Å². The molecule has 0 unspecified atom stereocenters. The molecule has 0 saturated heterocycles. The van der Waals surface area contributed by atoms with E-state index >= 15 is 0 Å². The number of carbonyl (C=O) groups is 1. The summed E-state index contributed by atoms with van der Waals surface area (Å²) in [6.45, 7) is 0. The van der Waals surface area contributed by atoms with Gasteiger partial charge in [0.2, 0.25) is 0 Å². The van der Waals surface area contributed by atoms with Gasteiger partial charge in [0, 0.05) is 9.92 Å². The van der Waals surface area contributed by atoms with Crippen molar-refractivity contribution in [1.82, 2.24) is 4.72 Å². The lowest BCUT2D eigenvalue weighted by Gasteiger charge is -2.04. The van der Waals surface area contributed by atoms with Crippen molar-refractivity contribution < 1.29 is 9.90 Å². The van der Waals surface area contributed by atoms with Gasteiger partial charge in [-0.3, -0.25) is 0 Å². The molecule has 1 aliphatic rings. The number of rotatable bonds is 1. The Morgan fingerprint density at radius 1 is 1.53 bits per heavy atom. The van der Waals surface area contributed by atoms with Crippen LogP contribution in [0.3, 0.4) is 0 Å². The van der Waals surface area contributed by atoms with E-state index in [2.05, 4.69) is 4.72 Å². The van der Waals surface area contributed by atoms with Crippen LogP contribution in [0.25, 0.3) is 0 Å². The normalized spacial score (nSPS) is 14.6. The second-order valence-electron chi connectivity index (χ2n) is 3.08. The monoisotopic (exact) mass is 241 g/mol. The zero-order valence-corrected chi connectivity index (χ0v) is 9.23. The third-order valence-electron chi connectivity index (χ3n) is 2.05. The summed E-state index contributed by atoms with van der Waals surface area (Å²) in [6, 6.07) is 5.53. The molecular weight excluding hydrogens is 234 g/mol. The highest BCUT2D eigenvalue weighted by Gasteiger charge is 2.13. The first-order valence-corrected chi connectivity index (χ1v) is 5.51. The molecule has 0 fully saturated rings. The zero-order chi connectivity index (χ0) is 10.8. The number of benzene rings is 1. The van der Waals surface area contributed by atoms with E-state index in [1.165, 1.54) is 11.9 Å². The molecule has 15 heavy (non-hydrogen) atoms. The van der Waals surface area contributed by atoms with Crippen molar-refractivity contribution in [1.29, 1.82) is 0 Å². The highest BCUT2D eigenvalue weighted by atomic mass is 35.5. The van der Waals surface area contributed by atoms with Crippen LogP contribution < -0.4 is 4.72 Å². The molecular formula is C10H8ClNO2S. The lowest BCUT2D eigenvalue weighted by atomic mass is 10.1. The van der Waals surface area contributed by atoms with Crippen molar-refractivity contribution >= 4 is 29.5 Å². The number of aliphatic carboxylic acids is 1. The third-order valence-corrected chi connectivity index (χ3v) is 3.23. The van der Waals surface area contributed by atoms with E-state index in [9.17, 15) is 4.79 Å². The average Bonchev–Trinajstić information content (AvgIpc) is 2.39. The number of halogens is 1. The van der Waals surface area contributed by atoms with Crippen molar-refractivity contribution in [2.45, 2.75) is 11.3 Å². The van der Waals surface area contributed by atoms with Crippen molar-refractivity contribution in [2.24, 2.45) is 0 Å². The van der Waals surface area contributed by atoms with E-state index in [1.54, 1.807) is 12.1 Å². The van der Waals surface area contributed by atoms with Crippen molar-refractivity contribution in [2.75, 3.05) is 0 Å². The second kappa shape index (κ2) is 4.16. The van der Waals surface area contributed by atoms with Gasteiger partial charge in [-0.1, -0.05) is 11.6 Å². The Kier molecular flexibility index (Phi) is 2.88. The van der Waals surface area contributed by atoms with Gasteiger partial charge in [-0.25, -0.2) is 4.79 Å². The summed E-state index contributed by atoms with van der Waals surface area (Å²) < 4.78 is 2.79. The summed E-state index contributed by atoms with van der Waals surface area (Å²) in [5, 5.41) is 9.49. The highest BCUT2D eigenvalue weighted by Crippen LogP contribution is 2.27. The minimum Gasteiger partial charge on any atom is -0.477 e. The Labute approximate surface area is 96.3 Å². The maximum atomic E-state index is 10.8. The van der Waals surface area contributed by atoms with Crippen LogP contribution in [-0.4, -0.2) is 11.1 Å².